The van der Waals surface area contributed by atoms with Crippen LogP contribution in [0.4, 0.5) is 0 Å². The van der Waals surface area contributed by atoms with Crippen molar-refractivity contribution in [2.24, 2.45) is 0 Å². The van der Waals surface area contributed by atoms with E-state index in [-0.39, 0.29) is 13.0 Å². The maximum Gasteiger partial charge on any atom is 0.306 e. The van der Waals surface area contributed by atoms with E-state index in [0.717, 1.165) is 5.69 Å². The van der Waals surface area contributed by atoms with Gasteiger partial charge in [0.2, 0.25) is 0 Å². The molecule has 0 spiro atoms. The topological polar surface area (TPSA) is 73.6 Å². The Morgan fingerprint density at radius 3 is 2.95 bits per heavy atom. The fraction of sp³-hybridized carbons (Fsp3) is 0.231. The van der Waals surface area contributed by atoms with E-state index in [4.69, 9.17) is 14.6 Å². The van der Waals surface area contributed by atoms with E-state index in [1.807, 2.05) is 24.3 Å². The highest BCUT2D eigenvalue weighted by atomic mass is 16.5. The van der Waals surface area contributed by atoms with Crippen molar-refractivity contribution in [3.8, 4) is 17.2 Å². The van der Waals surface area contributed by atoms with Gasteiger partial charge in [-0.1, -0.05) is 12.1 Å². The molecule has 0 bridgehead atoms. The van der Waals surface area contributed by atoms with Gasteiger partial charge in [0.1, 0.15) is 11.4 Å². The number of methoxy groups -OCH3 is 1. The number of hydrogen-bond donors (Lipinski definition) is 1. The molecule has 1 N–H and O–H groups in total. The lowest BCUT2D eigenvalue weighted by atomic mass is 10.3. The Morgan fingerprint density at radius 1 is 1.42 bits per heavy atom. The van der Waals surface area contributed by atoms with Gasteiger partial charge in [0, 0.05) is 0 Å². The van der Waals surface area contributed by atoms with E-state index in [0.29, 0.717) is 11.5 Å². The highest BCUT2D eigenvalue weighted by Crippen LogP contribution is 2.23. The number of carboxylic acid groups (broad SMARTS) is 1. The molecule has 100 valence electrons. The highest BCUT2D eigenvalue weighted by Gasteiger charge is 2.07. The number of ether oxygens (including phenoxy) is 2. The number of carbonyl (C=O) groups is 1. The first kappa shape index (κ1) is 12.9. The first-order valence-electron chi connectivity index (χ1n) is 5.73. The number of aromatic nitrogens is 2. The molecule has 0 aliphatic carbocycles. The minimum atomic E-state index is -0.892. The second-order valence-electron chi connectivity index (χ2n) is 3.78. The number of benzene rings is 1. The second kappa shape index (κ2) is 5.90. The van der Waals surface area contributed by atoms with Crippen molar-refractivity contribution >= 4 is 5.97 Å². The number of aliphatic carboxylic acids is 1. The van der Waals surface area contributed by atoms with Crippen LogP contribution >= 0.6 is 0 Å². The molecule has 1 heterocycles. The largest absolute Gasteiger partial charge is 0.494 e. The molecule has 6 nitrogen and oxygen atoms in total. The van der Waals surface area contributed by atoms with Crippen molar-refractivity contribution in [3.63, 3.8) is 0 Å². The van der Waals surface area contributed by atoms with Crippen LogP contribution in [0.15, 0.2) is 36.7 Å². The summed E-state index contributed by atoms with van der Waals surface area (Å²) in [5, 5.41) is 12.7. The van der Waals surface area contributed by atoms with Crippen molar-refractivity contribution in [1.29, 1.82) is 0 Å². The smallest absolute Gasteiger partial charge is 0.306 e. The molecular weight excluding hydrogens is 248 g/mol. The molecule has 0 amide bonds. The number of nitrogens with zero attached hydrogens (tertiary/aromatic N) is 2. The molecule has 0 aliphatic rings. The predicted octanol–water partition coefficient (Wildman–Crippen LogP) is 1.73. The van der Waals surface area contributed by atoms with Crippen LogP contribution in [-0.2, 0) is 4.79 Å². The molecule has 0 saturated carbocycles. The summed E-state index contributed by atoms with van der Waals surface area (Å²) < 4.78 is 12.1. The zero-order chi connectivity index (χ0) is 13.7. The van der Waals surface area contributed by atoms with Crippen LogP contribution in [0.25, 0.3) is 5.69 Å². The fourth-order valence-corrected chi connectivity index (χ4v) is 1.59. The number of para-hydroxylation sites is 2. The van der Waals surface area contributed by atoms with Crippen molar-refractivity contribution in [2.45, 2.75) is 6.42 Å². The minimum absolute atomic E-state index is 0.0418. The third-order valence-electron chi connectivity index (χ3n) is 2.48. The standard InChI is InChI=1S/C13H14N2O4/c1-18-12-5-3-2-4-11(12)15-9-10(8-14-15)19-7-6-13(16)17/h2-5,8-9H,6-7H2,1H3,(H,16,17). The van der Waals surface area contributed by atoms with E-state index in [1.54, 1.807) is 18.0 Å². The van der Waals surface area contributed by atoms with Gasteiger partial charge in [-0.25, -0.2) is 4.68 Å². The van der Waals surface area contributed by atoms with Crippen LogP contribution in [0.2, 0.25) is 0 Å². The molecule has 0 aliphatic heterocycles. The van der Waals surface area contributed by atoms with Gasteiger partial charge in [0.25, 0.3) is 0 Å². The first-order valence-corrected chi connectivity index (χ1v) is 5.73. The average Bonchev–Trinajstić information content (AvgIpc) is 2.87. The van der Waals surface area contributed by atoms with Gasteiger partial charge in [-0.3, -0.25) is 4.79 Å². The molecule has 2 rings (SSSR count). The van der Waals surface area contributed by atoms with E-state index in [2.05, 4.69) is 5.10 Å². The van der Waals surface area contributed by atoms with Gasteiger partial charge in [-0.05, 0) is 12.1 Å². The number of hydrogen-bond acceptors (Lipinski definition) is 4. The number of rotatable bonds is 6. The molecule has 0 atom stereocenters. The van der Waals surface area contributed by atoms with Crippen molar-refractivity contribution < 1.29 is 19.4 Å². The van der Waals surface area contributed by atoms with E-state index < -0.39 is 5.97 Å². The van der Waals surface area contributed by atoms with Crippen LogP contribution in [0, 0.1) is 0 Å². The van der Waals surface area contributed by atoms with Crippen LogP contribution in [-0.4, -0.2) is 34.6 Å². The highest BCUT2D eigenvalue weighted by molar-refractivity contribution is 5.66. The summed E-state index contributed by atoms with van der Waals surface area (Å²) in [5.41, 5.74) is 0.790. The molecule has 2 aromatic rings. The van der Waals surface area contributed by atoms with E-state index in [9.17, 15) is 4.79 Å². The van der Waals surface area contributed by atoms with Crippen LogP contribution < -0.4 is 9.47 Å². The molecule has 0 saturated heterocycles. The Hall–Kier alpha value is -2.50. The molecule has 6 heteroatoms. The van der Waals surface area contributed by atoms with E-state index >= 15 is 0 Å². The molecule has 1 aromatic carbocycles. The van der Waals surface area contributed by atoms with Crippen LogP contribution in [0.3, 0.4) is 0 Å². The zero-order valence-corrected chi connectivity index (χ0v) is 10.4. The maximum atomic E-state index is 10.4. The Balaban J connectivity index is 2.10. The normalized spacial score (nSPS) is 10.2. The molecule has 1 aromatic heterocycles. The number of carboxylic acids is 1. The molecular formula is C13H14N2O4. The summed E-state index contributed by atoms with van der Waals surface area (Å²) in [6, 6.07) is 7.45. The summed E-state index contributed by atoms with van der Waals surface area (Å²) in [6.07, 6.45) is 3.17. The van der Waals surface area contributed by atoms with Gasteiger partial charge in [-0.15, -0.1) is 0 Å². The van der Waals surface area contributed by atoms with Gasteiger partial charge < -0.3 is 14.6 Å². The summed E-state index contributed by atoms with van der Waals surface area (Å²) in [7, 11) is 1.59. The van der Waals surface area contributed by atoms with Crippen LogP contribution in [0.1, 0.15) is 6.42 Å². The first-order chi connectivity index (χ1) is 9.20. The van der Waals surface area contributed by atoms with Gasteiger partial charge >= 0.3 is 5.97 Å². The summed E-state index contributed by atoms with van der Waals surface area (Å²) in [5.74, 6) is 0.326. The Kier molecular flexibility index (Phi) is 4.02. The maximum absolute atomic E-state index is 10.4. The quantitative estimate of drug-likeness (QED) is 0.858. The summed E-state index contributed by atoms with van der Waals surface area (Å²) in [4.78, 5) is 10.4. The summed E-state index contributed by atoms with van der Waals surface area (Å²) in [6.45, 7) is 0.118. The predicted molar refractivity (Wildman–Crippen MR) is 67.9 cm³/mol. The lowest BCUT2D eigenvalue weighted by Crippen LogP contribution is -2.04. The van der Waals surface area contributed by atoms with Crippen molar-refractivity contribution in [3.05, 3.63) is 36.7 Å². The zero-order valence-electron chi connectivity index (χ0n) is 10.4. The lowest BCUT2D eigenvalue weighted by molar-refractivity contribution is -0.137. The monoisotopic (exact) mass is 262 g/mol. The molecule has 0 fully saturated rings. The third kappa shape index (κ3) is 3.25. The van der Waals surface area contributed by atoms with Crippen molar-refractivity contribution in [2.75, 3.05) is 13.7 Å². The summed E-state index contributed by atoms with van der Waals surface area (Å²) >= 11 is 0. The van der Waals surface area contributed by atoms with Crippen LogP contribution in [0.5, 0.6) is 11.5 Å². The Morgan fingerprint density at radius 2 is 2.21 bits per heavy atom. The fourth-order valence-electron chi connectivity index (χ4n) is 1.59. The molecule has 0 unspecified atom stereocenters. The van der Waals surface area contributed by atoms with Gasteiger partial charge in [0.05, 0.1) is 32.5 Å². The Labute approximate surface area is 110 Å². The van der Waals surface area contributed by atoms with Crippen molar-refractivity contribution in [1.82, 2.24) is 9.78 Å². The minimum Gasteiger partial charge on any atom is -0.494 e. The average molecular weight is 262 g/mol. The van der Waals surface area contributed by atoms with Gasteiger partial charge in [0.15, 0.2) is 5.75 Å². The Bertz CT molecular complexity index is 565. The third-order valence-corrected chi connectivity index (χ3v) is 2.48. The van der Waals surface area contributed by atoms with Gasteiger partial charge in [-0.2, -0.15) is 5.10 Å². The van der Waals surface area contributed by atoms with E-state index in [1.165, 1.54) is 6.20 Å². The molecule has 0 radical (unpaired) electrons. The second-order valence-corrected chi connectivity index (χ2v) is 3.78. The lowest BCUT2D eigenvalue weighted by Gasteiger charge is -2.07. The molecule has 19 heavy (non-hydrogen) atoms. The SMILES string of the molecule is COc1ccccc1-n1cc(OCCC(=O)O)cn1.